The van der Waals surface area contributed by atoms with Crippen molar-refractivity contribution in [3.8, 4) is 5.75 Å². The van der Waals surface area contributed by atoms with Crippen LogP contribution in [0.25, 0.3) is 0 Å². The number of aromatic amines is 1. The molecule has 1 aliphatic rings. The lowest BCUT2D eigenvalue weighted by molar-refractivity contribution is -0.0341. The Hall–Kier alpha value is -4.38. The molecule has 0 aliphatic carbocycles. The molecule has 35 heavy (non-hydrogen) atoms. The third-order valence-corrected chi connectivity index (χ3v) is 5.46. The second kappa shape index (κ2) is 10.3. The van der Waals surface area contributed by atoms with Crippen LogP contribution in [-0.4, -0.2) is 34.2 Å². The number of hydrogen-bond acceptors (Lipinski definition) is 9. The Morgan fingerprint density at radius 3 is 2.43 bits per heavy atom. The zero-order valence-electron chi connectivity index (χ0n) is 18.6. The molecule has 1 aliphatic heterocycles. The van der Waals surface area contributed by atoms with Crippen molar-refractivity contribution in [3.63, 3.8) is 0 Å². The molecule has 11 nitrogen and oxygen atoms in total. The summed E-state index contributed by atoms with van der Waals surface area (Å²) in [7, 11) is 0. The summed E-state index contributed by atoms with van der Waals surface area (Å²) in [6, 6.07) is 11.7. The van der Waals surface area contributed by atoms with E-state index in [-0.39, 0.29) is 29.2 Å². The quantitative estimate of drug-likeness (QED) is 0.309. The van der Waals surface area contributed by atoms with Gasteiger partial charge < -0.3 is 14.2 Å². The highest BCUT2D eigenvalue weighted by Gasteiger charge is 2.29. The molecule has 180 valence electrons. The number of ether oxygens (including phenoxy) is 3. The Kier molecular flexibility index (Phi) is 6.97. The van der Waals surface area contributed by atoms with E-state index in [0.717, 1.165) is 0 Å². The number of rotatable bonds is 7. The zero-order valence-corrected chi connectivity index (χ0v) is 18.6. The SMILES string of the molecule is Cc1cn([C@H]2CC[C@@H](COC(=O)c3ccccc3C(=O)Oc3ccc(N=O)cc3)O2)c(=O)[nH]c1=O. The third-order valence-electron chi connectivity index (χ3n) is 5.46. The van der Waals surface area contributed by atoms with Crippen LogP contribution < -0.4 is 16.0 Å². The number of carbonyl (C=O) groups excluding carboxylic acids is 2. The maximum atomic E-state index is 12.7. The molecular formula is C24H21N3O8. The molecule has 4 rings (SSSR count). The first kappa shape index (κ1) is 23.8. The third kappa shape index (κ3) is 5.41. The fourth-order valence-electron chi connectivity index (χ4n) is 3.64. The lowest BCUT2D eigenvalue weighted by Gasteiger charge is -2.16. The van der Waals surface area contributed by atoms with Crippen LogP contribution in [0.5, 0.6) is 5.75 Å². The van der Waals surface area contributed by atoms with E-state index in [4.69, 9.17) is 14.2 Å². The summed E-state index contributed by atoms with van der Waals surface area (Å²) >= 11 is 0. The maximum absolute atomic E-state index is 12.7. The molecule has 11 heteroatoms. The van der Waals surface area contributed by atoms with Crippen LogP contribution in [0.3, 0.4) is 0 Å². The van der Waals surface area contributed by atoms with Crippen molar-refractivity contribution in [3.05, 3.63) is 97.2 Å². The van der Waals surface area contributed by atoms with Crippen LogP contribution in [-0.2, 0) is 9.47 Å². The number of H-pyrrole nitrogens is 1. The molecule has 1 saturated heterocycles. The van der Waals surface area contributed by atoms with Crippen LogP contribution in [0.1, 0.15) is 45.3 Å². The first-order chi connectivity index (χ1) is 16.9. The number of hydrogen-bond donors (Lipinski definition) is 1. The lowest BCUT2D eigenvalue weighted by atomic mass is 10.1. The number of benzene rings is 2. The molecule has 0 unspecified atom stereocenters. The predicted octanol–water partition coefficient (Wildman–Crippen LogP) is 3.00. The lowest BCUT2D eigenvalue weighted by Crippen LogP contribution is -2.33. The molecule has 0 radical (unpaired) electrons. The van der Waals surface area contributed by atoms with Gasteiger partial charge in [0, 0.05) is 11.8 Å². The summed E-state index contributed by atoms with van der Waals surface area (Å²) in [4.78, 5) is 61.8. The van der Waals surface area contributed by atoms with Crippen LogP contribution in [0.2, 0.25) is 0 Å². The van der Waals surface area contributed by atoms with Crippen LogP contribution in [0.15, 0.2) is 69.5 Å². The van der Waals surface area contributed by atoms with Crippen molar-refractivity contribution < 1.29 is 23.8 Å². The minimum Gasteiger partial charge on any atom is -0.459 e. The highest BCUT2D eigenvalue weighted by atomic mass is 16.6. The fraction of sp³-hybridized carbons (Fsp3) is 0.250. The molecule has 0 bridgehead atoms. The summed E-state index contributed by atoms with van der Waals surface area (Å²) in [6.07, 6.45) is 1.40. The number of aromatic nitrogens is 2. The Morgan fingerprint density at radius 2 is 1.74 bits per heavy atom. The molecule has 2 atom stereocenters. The summed E-state index contributed by atoms with van der Waals surface area (Å²) in [5, 5.41) is 2.78. The standard InChI is InChI=1S/C24H21N3O8/c1-14-12-27(24(31)25-21(14)28)20-11-10-17(34-20)13-33-22(29)18-4-2-3-5-19(18)23(30)35-16-8-6-15(26-32)7-9-16/h2-9,12,17,20H,10-11,13H2,1H3,(H,25,28,31)/t17-,20+/m0/s1. The largest absolute Gasteiger partial charge is 0.459 e. The molecular weight excluding hydrogens is 458 g/mol. The van der Waals surface area contributed by atoms with Gasteiger partial charge in [-0.15, -0.1) is 4.91 Å². The topological polar surface area (TPSA) is 146 Å². The number of aryl methyl sites for hydroxylation is 1. The Morgan fingerprint density at radius 1 is 1.06 bits per heavy atom. The van der Waals surface area contributed by atoms with E-state index in [0.29, 0.717) is 18.4 Å². The van der Waals surface area contributed by atoms with Gasteiger partial charge in [-0.05, 0) is 61.3 Å². The fourth-order valence-corrected chi connectivity index (χ4v) is 3.64. The summed E-state index contributed by atoms with van der Waals surface area (Å²) in [5.41, 5.74) is -0.440. The van der Waals surface area contributed by atoms with Gasteiger partial charge in [0.25, 0.3) is 5.56 Å². The monoisotopic (exact) mass is 479 g/mol. The van der Waals surface area contributed by atoms with Crippen molar-refractivity contribution in [1.29, 1.82) is 0 Å². The number of esters is 2. The van der Waals surface area contributed by atoms with E-state index >= 15 is 0 Å². The van der Waals surface area contributed by atoms with Gasteiger partial charge in [0.1, 0.15) is 24.3 Å². The zero-order chi connectivity index (χ0) is 24.9. The number of nitrogens with zero attached hydrogens (tertiary/aromatic N) is 2. The van der Waals surface area contributed by atoms with E-state index in [1.165, 1.54) is 47.2 Å². The first-order valence-corrected chi connectivity index (χ1v) is 10.7. The Balaban J connectivity index is 1.39. The van der Waals surface area contributed by atoms with E-state index < -0.39 is 35.5 Å². The molecule has 1 aromatic heterocycles. The van der Waals surface area contributed by atoms with Gasteiger partial charge >= 0.3 is 17.6 Å². The van der Waals surface area contributed by atoms with E-state index in [1.807, 2.05) is 0 Å². The highest BCUT2D eigenvalue weighted by molar-refractivity contribution is 6.03. The van der Waals surface area contributed by atoms with Gasteiger partial charge in [0.05, 0.1) is 17.2 Å². The number of nitrogens with one attached hydrogen (secondary N) is 1. The average molecular weight is 479 g/mol. The van der Waals surface area contributed by atoms with Gasteiger partial charge in [-0.2, -0.15) is 0 Å². The molecule has 2 aromatic carbocycles. The van der Waals surface area contributed by atoms with Crippen molar-refractivity contribution in [2.75, 3.05) is 6.61 Å². The minimum atomic E-state index is -0.769. The second-order valence-corrected chi connectivity index (χ2v) is 7.89. The van der Waals surface area contributed by atoms with Crippen LogP contribution >= 0.6 is 0 Å². The Labute approximate surface area is 198 Å². The number of carbonyl (C=O) groups is 2. The van der Waals surface area contributed by atoms with Gasteiger partial charge in [-0.1, -0.05) is 12.1 Å². The molecule has 2 heterocycles. The van der Waals surface area contributed by atoms with E-state index in [2.05, 4.69) is 10.2 Å². The molecule has 0 amide bonds. The predicted molar refractivity (Wildman–Crippen MR) is 123 cm³/mol. The molecule has 3 aromatic rings. The molecule has 0 saturated carbocycles. The van der Waals surface area contributed by atoms with Crippen molar-refractivity contribution >= 4 is 17.6 Å². The van der Waals surface area contributed by atoms with Crippen LogP contribution in [0, 0.1) is 11.8 Å². The molecule has 0 spiro atoms. The van der Waals surface area contributed by atoms with Crippen molar-refractivity contribution in [2.45, 2.75) is 32.1 Å². The van der Waals surface area contributed by atoms with Crippen molar-refractivity contribution in [2.24, 2.45) is 5.18 Å². The normalized spacial score (nSPS) is 17.1. The summed E-state index contributed by atoms with van der Waals surface area (Å²) in [6.45, 7) is 1.50. The van der Waals surface area contributed by atoms with Gasteiger partial charge in [-0.3, -0.25) is 14.3 Å². The van der Waals surface area contributed by atoms with E-state index in [9.17, 15) is 24.1 Å². The summed E-state index contributed by atoms with van der Waals surface area (Å²) < 4.78 is 17.8. The highest BCUT2D eigenvalue weighted by Crippen LogP contribution is 2.27. The van der Waals surface area contributed by atoms with Crippen molar-refractivity contribution in [1.82, 2.24) is 9.55 Å². The van der Waals surface area contributed by atoms with E-state index in [1.54, 1.807) is 19.1 Å². The molecule has 1 fully saturated rings. The maximum Gasteiger partial charge on any atom is 0.344 e. The van der Waals surface area contributed by atoms with Gasteiger partial charge in [0.15, 0.2) is 0 Å². The smallest absolute Gasteiger partial charge is 0.344 e. The Bertz CT molecular complexity index is 1380. The second-order valence-electron chi connectivity index (χ2n) is 7.89. The summed E-state index contributed by atoms with van der Waals surface area (Å²) in [5.74, 6) is -1.32. The van der Waals surface area contributed by atoms with Crippen LogP contribution in [0.4, 0.5) is 5.69 Å². The average Bonchev–Trinajstić information content (AvgIpc) is 3.34. The first-order valence-electron chi connectivity index (χ1n) is 10.7. The number of nitroso groups, excluding NO2 is 1. The van der Waals surface area contributed by atoms with Gasteiger partial charge in [0.2, 0.25) is 0 Å². The molecule has 1 N–H and O–H groups in total. The van der Waals surface area contributed by atoms with Gasteiger partial charge in [-0.25, -0.2) is 14.4 Å². The minimum absolute atomic E-state index is 0.00979.